The lowest BCUT2D eigenvalue weighted by molar-refractivity contribution is -0.145. The van der Waals surface area contributed by atoms with Crippen molar-refractivity contribution < 1.29 is 23.8 Å². The number of carbonyl (C=O) groups excluding carboxylic acids is 1. The van der Waals surface area contributed by atoms with Gasteiger partial charge in [0, 0.05) is 12.6 Å². The van der Waals surface area contributed by atoms with Crippen molar-refractivity contribution in [3.63, 3.8) is 0 Å². The predicted molar refractivity (Wildman–Crippen MR) is 89.8 cm³/mol. The number of ether oxygens (including phenoxy) is 1. The molecular weight excluding hydrogens is 328 g/mol. The molecule has 8 heteroatoms. The van der Waals surface area contributed by atoms with Crippen LogP contribution in [0, 0.1) is 0 Å². The SMILES string of the molecule is CCCCC1[C@H](C(=O)O)OC(=O)N1c1ccc2c(c1)oc(=O)n2CC. The smallest absolute Gasteiger partial charge is 0.419 e. The summed E-state index contributed by atoms with van der Waals surface area (Å²) >= 11 is 0. The Bertz CT molecular complexity index is 868. The highest BCUT2D eigenvalue weighted by molar-refractivity contribution is 5.96. The summed E-state index contributed by atoms with van der Waals surface area (Å²) < 4.78 is 11.8. The molecule has 1 N–H and O–H groups in total. The zero-order valence-electron chi connectivity index (χ0n) is 14.1. The summed E-state index contributed by atoms with van der Waals surface area (Å²) in [5, 5.41) is 9.34. The number of anilines is 1. The van der Waals surface area contributed by atoms with Crippen LogP contribution in [-0.2, 0) is 16.1 Å². The minimum atomic E-state index is -1.21. The van der Waals surface area contributed by atoms with Gasteiger partial charge in [0.05, 0.1) is 17.2 Å². The molecule has 0 radical (unpaired) electrons. The molecule has 1 aliphatic heterocycles. The number of carbonyl (C=O) groups is 2. The lowest BCUT2D eigenvalue weighted by Crippen LogP contribution is -2.40. The van der Waals surface area contributed by atoms with Crippen LogP contribution in [0.25, 0.3) is 11.1 Å². The Morgan fingerprint density at radius 2 is 2.04 bits per heavy atom. The number of oxazole rings is 1. The highest BCUT2D eigenvalue weighted by atomic mass is 16.6. The second-order valence-electron chi connectivity index (χ2n) is 5.99. The van der Waals surface area contributed by atoms with Crippen molar-refractivity contribution in [1.29, 1.82) is 0 Å². The summed E-state index contributed by atoms with van der Waals surface area (Å²) in [7, 11) is 0. The molecule has 1 saturated heterocycles. The Labute approximate surface area is 143 Å². The first-order valence-electron chi connectivity index (χ1n) is 8.34. The Hall–Kier alpha value is -2.77. The van der Waals surface area contributed by atoms with Crippen LogP contribution >= 0.6 is 0 Å². The molecule has 2 atom stereocenters. The molecule has 0 bridgehead atoms. The van der Waals surface area contributed by atoms with E-state index in [9.17, 15) is 19.5 Å². The van der Waals surface area contributed by atoms with Crippen LogP contribution < -0.4 is 10.7 Å². The predicted octanol–water partition coefficient (Wildman–Crippen LogP) is 2.58. The largest absolute Gasteiger partial charge is 0.478 e. The van der Waals surface area contributed by atoms with Gasteiger partial charge in [0.1, 0.15) is 0 Å². The van der Waals surface area contributed by atoms with E-state index in [2.05, 4.69) is 0 Å². The number of nitrogens with zero attached hydrogens (tertiary/aromatic N) is 2. The van der Waals surface area contributed by atoms with Crippen molar-refractivity contribution in [2.75, 3.05) is 4.90 Å². The van der Waals surface area contributed by atoms with Crippen LogP contribution in [0.2, 0.25) is 0 Å². The number of aromatic nitrogens is 1. The van der Waals surface area contributed by atoms with Crippen molar-refractivity contribution in [3.8, 4) is 0 Å². The van der Waals surface area contributed by atoms with Gasteiger partial charge in [-0.15, -0.1) is 0 Å². The number of aliphatic carboxylic acids is 1. The van der Waals surface area contributed by atoms with Gasteiger partial charge in [-0.1, -0.05) is 19.8 Å². The zero-order chi connectivity index (χ0) is 18.1. The Morgan fingerprint density at radius 1 is 1.28 bits per heavy atom. The lowest BCUT2D eigenvalue weighted by Gasteiger charge is -2.23. The molecule has 25 heavy (non-hydrogen) atoms. The summed E-state index contributed by atoms with van der Waals surface area (Å²) in [5.41, 5.74) is 1.44. The van der Waals surface area contributed by atoms with E-state index in [1.165, 1.54) is 9.47 Å². The maximum atomic E-state index is 12.3. The van der Waals surface area contributed by atoms with E-state index in [0.717, 1.165) is 12.8 Å². The van der Waals surface area contributed by atoms with Gasteiger partial charge in [0.15, 0.2) is 5.58 Å². The Balaban J connectivity index is 2.03. The quantitative estimate of drug-likeness (QED) is 0.861. The van der Waals surface area contributed by atoms with E-state index < -0.39 is 30.0 Å². The number of carboxylic acid groups (broad SMARTS) is 1. The zero-order valence-corrected chi connectivity index (χ0v) is 14.1. The monoisotopic (exact) mass is 348 g/mol. The van der Waals surface area contributed by atoms with Gasteiger partial charge < -0.3 is 14.3 Å². The molecule has 1 fully saturated rings. The first-order chi connectivity index (χ1) is 12.0. The van der Waals surface area contributed by atoms with Crippen molar-refractivity contribution in [2.45, 2.75) is 51.8 Å². The third-order valence-corrected chi connectivity index (χ3v) is 4.45. The summed E-state index contributed by atoms with van der Waals surface area (Å²) in [4.78, 5) is 36.9. The molecule has 2 heterocycles. The van der Waals surface area contributed by atoms with Gasteiger partial charge in [-0.3, -0.25) is 9.47 Å². The van der Waals surface area contributed by atoms with Gasteiger partial charge in [-0.2, -0.15) is 0 Å². The molecule has 134 valence electrons. The van der Waals surface area contributed by atoms with E-state index in [-0.39, 0.29) is 0 Å². The highest BCUT2D eigenvalue weighted by Gasteiger charge is 2.46. The normalized spacial score (nSPS) is 20.2. The second-order valence-corrected chi connectivity index (χ2v) is 5.99. The van der Waals surface area contributed by atoms with E-state index in [1.54, 1.807) is 18.2 Å². The summed E-state index contributed by atoms with van der Waals surface area (Å²) in [5.74, 6) is -1.63. The third kappa shape index (κ3) is 2.88. The number of unbranched alkanes of at least 4 members (excludes halogenated alkanes) is 1. The molecule has 1 aliphatic rings. The van der Waals surface area contributed by atoms with Crippen molar-refractivity contribution >= 4 is 28.8 Å². The van der Waals surface area contributed by atoms with Crippen LogP contribution in [-0.4, -0.2) is 33.9 Å². The molecule has 1 aromatic heterocycles. The fraction of sp³-hybridized carbons (Fsp3) is 0.471. The summed E-state index contributed by atoms with van der Waals surface area (Å²) in [6, 6.07) is 4.35. The molecule has 1 aromatic carbocycles. The van der Waals surface area contributed by atoms with E-state index in [4.69, 9.17) is 9.15 Å². The minimum absolute atomic E-state index is 0.352. The minimum Gasteiger partial charge on any atom is -0.478 e. The van der Waals surface area contributed by atoms with Crippen molar-refractivity contribution in [3.05, 3.63) is 28.7 Å². The average molecular weight is 348 g/mol. The molecule has 1 unspecified atom stereocenters. The van der Waals surface area contributed by atoms with Gasteiger partial charge in [-0.05, 0) is 25.5 Å². The average Bonchev–Trinajstić information content (AvgIpc) is 3.07. The van der Waals surface area contributed by atoms with Gasteiger partial charge in [0.2, 0.25) is 6.10 Å². The van der Waals surface area contributed by atoms with Crippen LogP contribution in [0.5, 0.6) is 0 Å². The standard InChI is InChI=1S/C17H20N2O6/c1-3-5-6-12-14(15(20)21)25-17(23)19(12)10-7-8-11-13(9-10)24-16(22)18(11)4-2/h7-9,12,14H,3-6H2,1-2H3,(H,20,21)/t12?,14-/m1/s1. The van der Waals surface area contributed by atoms with E-state index in [0.29, 0.717) is 29.8 Å². The topological polar surface area (TPSA) is 102 Å². The van der Waals surface area contributed by atoms with Crippen molar-refractivity contribution in [2.24, 2.45) is 0 Å². The first-order valence-corrected chi connectivity index (χ1v) is 8.34. The number of cyclic esters (lactones) is 1. The molecule has 0 spiro atoms. The molecule has 0 saturated carbocycles. The van der Waals surface area contributed by atoms with Crippen LogP contribution in [0.4, 0.5) is 10.5 Å². The fourth-order valence-electron chi connectivity index (χ4n) is 3.22. The highest BCUT2D eigenvalue weighted by Crippen LogP contribution is 2.32. The number of benzene rings is 1. The van der Waals surface area contributed by atoms with Crippen molar-refractivity contribution in [1.82, 2.24) is 4.57 Å². The summed E-state index contributed by atoms with van der Waals surface area (Å²) in [6.45, 7) is 4.30. The Kier molecular flexibility index (Phi) is 4.52. The van der Waals surface area contributed by atoms with E-state index in [1.807, 2.05) is 13.8 Å². The van der Waals surface area contributed by atoms with Crippen LogP contribution in [0.15, 0.2) is 27.4 Å². The molecule has 8 nitrogen and oxygen atoms in total. The van der Waals surface area contributed by atoms with Gasteiger partial charge in [0.25, 0.3) is 0 Å². The number of amides is 1. The molecule has 0 aliphatic carbocycles. The van der Waals surface area contributed by atoms with Crippen LogP contribution in [0.3, 0.4) is 0 Å². The Morgan fingerprint density at radius 3 is 2.68 bits per heavy atom. The van der Waals surface area contributed by atoms with Gasteiger partial charge in [-0.25, -0.2) is 14.4 Å². The maximum absolute atomic E-state index is 12.3. The molecular formula is C17H20N2O6. The van der Waals surface area contributed by atoms with E-state index >= 15 is 0 Å². The number of fused-ring (bicyclic) bond motifs is 1. The second kappa shape index (κ2) is 6.62. The number of rotatable bonds is 6. The number of hydrogen-bond acceptors (Lipinski definition) is 5. The number of aryl methyl sites for hydroxylation is 1. The molecule has 1 amide bonds. The van der Waals surface area contributed by atoms with Gasteiger partial charge >= 0.3 is 17.8 Å². The number of carboxylic acids is 1. The fourth-order valence-corrected chi connectivity index (χ4v) is 3.22. The summed E-state index contributed by atoms with van der Waals surface area (Å²) in [6.07, 6.45) is 0.243. The molecule has 2 aromatic rings. The number of hydrogen-bond donors (Lipinski definition) is 1. The first kappa shape index (κ1) is 17.1. The maximum Gasteiger partial charge on any atom is 0.419 e. The lowest BCUT2D eigenvalue weighted by atomic mass is 10.0. The molecule has 3 rings (SSSR count). The van der Waals surface area contributed by atoms with Crippen LogP contribution in [0.1, 0.15) is 33.1 Å². The third-order valence-electron chi connectivity index (χ3n) is 4.45.